The summed E-state index contributed by atoms with van der Waals surface area (Å²) < 4.78 is 1.02. The van der Waals surface area contributed by atoms with E-state index in [0.29, 0.717) is 12.6 Å². The molecule has 1 aliphatic rings. The topological polar surface area (TPSA) is 58.4 Å². The Morgan fingerprint density at radius 1 is 1.45 bits per heavy atom. The molecule has 2 rings (SSSR count). The number of hydrogen-bond acceptors (Lipinski definition) is 3. The predicted octanol–water partition coefficient (Wildman–Crippen LogP) is 2.54. The predicted molar refractivity (Wildman–Crippen MR) is 88.4 cm³/mol. The smallest absolute Gasteiger partial charge is 0.238 e. The third-order valence-corrected chi connectivity index (χ3v) is 3.96. The summed E-state index contributed by atoms with van der Waals surface area (Å²) in [6, 6.07) is 6.15. The fourth-order valence-electron chi connectivity index (χ4n) is 2.27. The summed E-state index contributed by atoms with van der Waals surface area (Å²) in [6.07, 6.45) is 1.95. The number of amides is 1. The Hall–Kier alpha value is -0.620. The summed E-state index contributed by atoms with van der Waals surface area (Å²) in [5.74, 6) is 0.0425. The zero-order valence-corrected chi connectivity index (χ0v) is 14.0. The van der Waals surface area contributed by atoms with Crippen LogP contribution in [0.25, 0.3) is 0 Å². The average Bonchev–Trinajstić information content (AvgIpc) is 2.36. The minimum Gasteiger partial charge on any atom is -0.328 e. The van der Waals surface area contributed by atoms with Crippen LogP contribution < -0.4 is 11.1 Å². The molecule has 0 radical (unpaired) electrons. The molecule has 1 aliphatic heterocycles. The molecule has 1 saturated heterocycles. The minimum atomic E-state index is 0. The van der Waals surface area contributed by atoms with E-state index in [9.17, 15) is 4.79 Å². The first-order valence-electron chi connectivity index (χ1n) is 6.58. The Labute approximate surface area is 134 Å². The first-order chi connectivity index (χ1) is 9.04. The molecule has 20 heavy (non-hydrogen) atoms. The average molecular weight is 363 g/mol. The highest BCUT2D eigenvalue weighted by atomic mass is 79.9. The lowest BCUT2D eigenvalue weighted by Gasteiger charge is -2.29. The van der Waals surface area contributed by atoms with Crippen molar-refractivity contribution in [3.63, 3.8) is 0 Å². The maximum Gasteiger partial charge on any atom is 0.238 e. The van der Waals surface area contributed by atoms with E-state index in [1.165, 1.54) is 0 Å². The normalized spacial score (nSPS) is 16.6. The van der Waals surface area contributed by atoms with E-state index < -0.39 is 0 Å². The number of piperidine rings is 1. The summed E-state index contributed by atoms with van der Waals surface area (Å²) in [5.41, 5.74) is 7.79. The van der Waals surface area contributed by atoms with Crippen molar-refractivity contribution in [2.45, 2.75) is 25.8 Å². The number of nitrogens with one attached hydrogen (secondary N) is 1. The maximum atomic E-state index is 12.0. The van der Waals surface area contributed by atoms with Crippen LogP contribution in [0.4, 0.5) is 5.69 Å². The summed E-state index contributed by atoms with van der Waals surface area (Å²) in [6.45, 7) is 4.25. The standard InChI is InChI=1S/C14H20BrN3O.ClH/c1-10-8-11(15)2-3-13(10)17-14(19)9-18-6-4-12(16)5-7-18;/h2-3,8,12H,4-7,9,16H2,1H3,(H,17,19);1H. The fraction of sp³-hybridized carbons (Fsp3) is 0.500. The molecule has 0 unspecified atom stereocenters. The van der Waals surface area contributed by atoms with E-state index in [1.54, 1.807) is 0 Å². The van der Waals surface area contributed by atoms with Gasteiger partial charge in [0.1, 0.15) is 0 Å². The van der Waals surface area contributed by atoms with E-state index >= 15 is 0 Å². The van der Waals surface area contributed by atoms with Crippen LogP contribution in [0.5, 0.6) is 0 Å². The second-order valence-corrected chi connectivity index (χ2v) is 6.04. The van der Waals surface area contributed by atoms with Crippen molar-refractivity contribution >= 4 is 39.9 Å². The van der Waals surface area contributed by atoms with E-state index in [4.69, 9.17) is 5.73 Å². The van der Waals surface area contributed by atoms with Gasteiger partial charge in [0.05, 0.1) is 6.54 Å². The number of likely N-dealkylation sites (tertiary alicyclic amines) is 1. The maximum absolute atomic E-state index is 12.0. The largest absolute Gasteiger partial charge is 0.328 e. The third-order valence-electron chi connectivity index (χ3n) is 3.46. The van der Waals surface area contributed by atoms with Crippen LogP contribution in [0, 0.1) is 6.92 Å². The number of carbonyl (C=O) groups excluding carboxylic acids is 1. The van der Waals surface area contributed by atoms with Crippen molar-refractivity contribution in [2.75, 3.05) is 25.0 Å². The lowest BCUT2D eigenvalue weighted by atomic mass is 10.1. The first-order valence-corrected chi connectivity index (χ1v) is 7.38. The van der Waals surface area contributed by atoms with Gasteiger partial charge in [0, 0.05) is 29.3 Å². The summed E-state index contributed by atoms with van der Waals surface area (Å²) >= 11 is 3.41. The van der Waals surface area contributed by atoms with Crippen molar-refractivity contribution in [1.29, 1.82) is 0 Å². The zero-order chi connectivity index (χ0) is 13.8. The molecule has 0 aliphatic carbocycles. The molecular weight excluding hydrogens is 342 g/mol. The molecule has 1 aromatic rings. The highest BCUT2D eigenvalue weighted by molar-refractivity contribution is 9.10. The van der Waals surface area contributed by atoms with Crippen LogP contribution >= 0.6 is 28.3 Å². The van der Waals surface area contributed by atoms with Gasteiger partial charge in [-0.1, -0.05) is 15.9 Å². The molecule has 0 atom stereocenters. The van der Waals surface area contributed by atoms with Crippen LogP contribution in [-0.2, 0) is 4.79 Å². The molecule has 1 amide bonds. The molecule has 6 heteroatoms. The van der Waals surface area contributed by atoms with Gasteiger partial charge in [-0.15, -0.1) is 12.4 Å². The number of rotatable bonds is 3. The van der Waals surface area contributed by atoms with E-state index in [0.717, 1.165) is 41.7 Å². The third kappa shape index (κ3) is 5.05. The Kier molecular flexibility index (Phi) is 6.95. The Balaban J connectivity index is 0.00000200. The number of anilines is 1. The van der Waals surface area contributed by atoms with E-state index in [1.807, 2.05) is 25.1 Å². The lowest BCUT2D eigenvalue weighted by molar-refractivity contribution is -0.117. The monoisotopic (exact) mass is 361 g/mol. The number of halogens is 2. The van der Waals surface area contributed by atoms with Gasteiger partial charge in [-0.3, -0.25) is 9.69 Å². The quantitative estimate of drug-likeness (QED) is 0.869. The molecule has 0 bridgehead atoms. The first kappa shape index (κ1) is 17.4. The number of nitrogens with two attached hydrogens (primary N) is 1. The number of nitrogens with zero attached hydrogens (tertiary/aromatic N) is 1. The second kappa shape index (κ2) is 7.98. The number of hydrogen-bond donors (Lipinski definition) is 2. The van der Waals surface area contributed by atoms with Crippen molar-refractivity contribution in [3.05, 3.63) is 28.2 Å². The van der Waals surface area contributed by atoms with Crippen molar-refractivity contribution in [1.82, 2.24) is 4.90 Å². The number of benzene rings is 1. The highest BCUT2D eigenvalue weighted by Crippen LogP contribution is 2.20. The second-order valence-electron chi connectivity index (χ2n) is 5.12. The van der Waals surface area contributed by atoms with Gasteiger partial charge in [-0.2, -0.15) is 0 Å². The Morgan fingerprint density at radius 3 is 2.70 bits per heavy atom. The van der Waals surface area contributed by atoms with E-state index in [-0.39, 0.29) is 18.3 Å². The molecule has 3 N–H and O–H groups in total. The molecule has 1 fully saturated rings. The fourth-order valence-corrected chi connectivity index (χ4v) is 2.75. The van der Waals surface area contributed by atoms with Gasteiger partial charge in [0.15, 0.2) is 0 Å². The number of aryl methyl sites for hydroxylation is 1. The van der Waals surface area contributed by atoms with Gasteiger partial charge in [0.25, 0.3) is 0 Å². The SMILES string of the molecule is Cc1cc(Br)ccc1NC(=O)CN1CCC(N)CC1.Cl. The van der Waals surface area contributed by atoms with E-state index in [2.05, 4.69) is 26.1 Å². The molecular formula is C14H21BrClN3O. The minimum absolute atomic E-state index is 0. The van der Waals surface area contributed by atoms with Gasteiger partial charge in [0.2, 0.25) is 5.91 Å². The molecule has 0 saturated carbocycles. The molecule has 112 valence electrons. The van der Waals surface area contributed by atoms with Crippen molar-refractivity contribution in [2.24, 2.45) is 5.73 Å². The van der Waals surface area contributed by atoms with Crippen LogP contribution in [0.1, 0.15) is 18.4 Å². The zero-order valence-electron chi connectivity index (χ0n) is 11.6. The Morgan fingerprint density at radius 2 is 2.10 bits per heavy atom. The lowest BCUT2D eigenvalue weighted by Crippen LogP contribution is -2.43. The van der Waals surface area contributed by atoms with Crippen LogP contribution in [0.2, 0.25) is 0 Å². The highest BCUT2D eigenvalue weighted by Gasteiger charge is 2.18. The van der Waals surface area contributed by atoms with Gasteiger partial charge in [-0.05, 0) is 43.5 Å². The molecule has 1 aromatic carbocycles. The van der Waals surface area contributed by atoms with Crippen molar-refractivity contribution < 1.29 is 4.79 Å². The van der Waals surface area contributed by atoms with Crippen LogP contribution in [-0.4, -0.2) is 36.5 Å². The summed E-state index contributed by atoms with van der Waals surface area (Å²) in [5, 5.41) is 2.96. The van der Waals surface area contributed by atoms with Gasteiger partial charge >= 0.3 is 0 Å². The number of carbonyl (C=O) groups is 1. The van der Waals surface area contributed by atoms with Crippen molar-refractivity contribution in [3.8, 4) is 0 Å². The van der Waals surface area contributed by atoms with Gasteiger partial charge in [-0.25, -0.2) is 0 Å². The summed E-state index contributed by atoms with van der Waals surface area (Å²) in [4.78, 5) is 14.2. The van der Waals surface area contributed by atoms with Crippen LogP contribution in [0.15, 0.2) is 22.7 Å². The van der Waals surface area contributed by atoms with Crippen LogP contribution in [0.3, 0.4) is 0 Å². The molecule has 0 aromatic heterocycles. The molecule has 0 spiro atoms. The Bertz CT molecular complexity index is 462. The summed E-state index contributed by atoms with van der Waals surface area (Å²) in [7, 11) is 0. The molecule has 1 heterocycles. The van der Waals surface area contributed by atoms with Gasteiger partial charge < -0.3 is 11.1 Å². The molecule has 4 nitrogen and oxygen atoms in total.